The second-order valence-electron chi connectivity index (χ2n) is 3.57. The van der Waals surface area contributed by atoms with Crippen molar-refractivity contribution in [3.8, 4) is 0 Å². The maximum absolute atomic E-state index is 11.5. The van der Waals surface area contributed by atoms with Gasteiger partial charge in [0.15, 0.2) is 0 Å². The summed E-state index contributed by atoms with van der Waals surface area (Å²) in [5, 5.41) is 6.03. The quantitative estimate of drug-likeness (QED) is 0.627. The van der Waals surface area contributed by atoms with Gasteiger partial charge in [-0.2, -0.15) is 0 Å². The van der Waals surface area contributed by atoms with Crippen LogP contribution in [0.3, 0.4) is 0 Å². The smallest absolute Gasteiger partial charge is 0.224 e. The largest absolute Gasteiger partial charge is 0.383 e. The Kier molecular flexibility index (Phi) is 7.42. The molecule has 14 heavy (non-hydrogen) atoms. The molecular weight excluding hydrogens is 180 g/mol. The van der Waals surface area contributed by atoms with Crippen LogP contribution in [0.25, 0.3) is 0 Å². The first-order valence-corrected chi connectivity index (χ1v) is 5.11. The van der Waals surface area contributed by atoms with Gasteiger partial charge in [-0.05, 0) is 13.5 Å². The number of rotatable bonds is 7. The Labute approximate surface area is 86.4 Å². The molecule has 2 unspecified atom stereocenters. The van der Waals surface area contributed by atoms with Crippen molar-refractivity contribution in [3.05, 3.63) is 0 Å². The fourth-order valence-electron chi connectivity index (χ4n) is 1.13. The highest BCUT2D eigenvalue weighted by atomic mass is 16.5. The number of hydrogen-bond donors (Lipinski definition) is 2. The second kappa shape index (κ2) is 7.76. The normalized spacial score (nSPS) is 14.9. The molecule has 0 saturated heterocycles. The molecule has 4 heteroatoms. The molecule has 84 valence electrons. The fourth-order valence-corrected chi connectivity index (χ4v) is 1.13. The summed E-state index contributed by atoms with van der Waals surface area (Å²) in [6.07, 6.45) is 0. The van der Waals surface area contributed by atoms with Crippen molar-refractivity contribution in [1.29, 1.82) is 0 Å². The predicted octanol–water partition coefficient (Wildman–Crippen LogP) is 0.383. The van der Waals surface area contributed by atoms with E-state index in [1.165, 1.54) is 0 Å². The van der Waals surface area contributed by atoms with Crippen LogP contribution in [0.15, 0.2) is 0 Å². The third kappa shape index (κ3) is 5.94. The maximum atomic E-state index is 11.5. The van der Waals surface area contributed by atoms with Gasteiger partial charge in [-0.1, -0.05) is 13.8 Å². The number of carbonyl (C=O) groups is 1. The van der Waals surface area contributed by atoms with E-state index in [9.17, 15) is 4.79 Å². The van der Waals surface area contributed by atoms with Gasteiger partial charge in [0.25, 0.3) is 0 Å². The molecule has 0 aromatic heterocycles. The van der Waals surface area contributed by atoms with E-state index < -0.39 is 0 Å². The highest BCUT2D eigenvalue weighted by Crippen LogP contribution is 1.94. The van der Waals surface area contributed by atoms with Crippen LogP contribution in [0.1, 0.15) is 20.8 Å². The molecule has 0 bridgehead atoms. The number of nitrogens with one attached hydrogen (secondary N) is 2. The molecule has 1 amide bonds. The fraction of sp³-hybridized carbons (Fsp3) is 0.900. The van der Waals surface area contributed by atoms with Crippen LogP contribution in [0.4, 0.5) is 0 Å². The molecule has 2 atom stereocenters. The van der Waals surface area contributed by atoms with Crippen molar-refractivity contribution in [1.82, 2.24) is 10.6 Å². The molecular formula is C10H22N2O2. The monoisotopic (exact) mass is 202 g/mol. The molecule has 0 fully saturated rings. The van der Waals surface area contributed by atoms with Gasteiger partial charge in [-0.3, -0.25) is 4.79 Å². The summed E-state index contributed by atoms with van der Waals surface area (Å²) >= 11 is 0. The molecule has 0 saturated carbocycles. The standard InChI is InChI=1S/C10H22N2O2/c1-5-11-6-8(2)10(13)12-9(3)7-14-4/h8-9,11H,5-7H2,1-4H3,(H,12,13). The van der Waals surface area contributed by atoms with Crippen LogP contribution in [0.5, 0.6) is 0 Å². The van der Waals surface area contributed by atoms with E-state index in [0.29, 0.717) is 6.61 Å². The Morgan fingerprint density at radius 1 is 1.43 bits per heavy atom. The van der Waals surface area contributed by atoms with Gasteiger partial charge < -0.3 is 15.4 Å². The van der Waals surface area contributed by atoms with Crippen LogP contribution < -0.4 is 10.6 Å². The summed E-state index contributed by atoms with van der Waals surface area (Å²) in [4.78, 5) is 11.5. The van der Waals surface area contributed by atoms with Crippen LogP contribution >= 0.6 is 0 Å². The average Bonchev–Trinajstić information content (AvgIpc) is 2.14. The lowest BCUT2D eigenvalue weighted by molar-refractivity contribution is -0.125. The molecule has 2 N–H and O–H groups in total. The maximum Gasteiger partial charge on any atom is 0.224 e. The first-order chi connectivity index (χ1) is 6.61. The van der Waals surface area contributed by atoms with E-state index >= 15 is 0 Å². The molecule has 0 radical (unpaired) electrons. The molecule has 0 aliphatic heterocycles. The van der Waals surface area contributed by atoms with Crippen molar-refractivity contribution in [2.75, 3.05) is 26.8 Å². The summed E-state index contributed by atoms with van der Waals surface area (Å²) in [5.74, 6) is 0.0877. The lowest BCUT2D eigenvalue weighted by atomic mass is 10.1. The number of hydrogen-bond acceptors (Lipinski definition) is 3. The van der Waals surface area contributed by atoms with Crippen molar-refractivity contribution in [2.24, 2.45) is 5.92 Å². The zero-order chi connectivity index (χ0) is 11.0. The molecule has 0 aromatic rings. The SMILES string of the molecule is CCNCC(C)C(=O)NC(C)COC. The van der Waals surface area contributed by atoms with Gasteiger partial charge in [0.05, 0.1) is 6.61 Å². The number of carbonyl (C=O) groups excluding carboxylic acids is 1. The van der Waals surface area contributed by atoms with Crippen LogP contribution in [0, 0.1) is 5.92 Å². The molecule has 0 aliphatic carbocycles. The molecule has 0 spiro atoms. The highest BCUT2D eigenvalue weighted by Gasteiger charge is 2.14. The summed E-state index contributed by atoms with van der Waals surface area (Å²) in [7, 11) is 1.63. The first-order valence-electron chi connectivity index (χ1n) is 5.11. The number of methoxy groups -OCH3 is 1. The minimum absolute atomic E-state index is 0.00857. The summed E-state index contributed by atoms with van der Waals surface area (Å²) in [6.45, 7) is 8.05. The van der Waals surface area contributed by atoms with Gasteiger partial charge in [0.1, 0.15) is 0 Å². The number of amides is 1. The van der Waals surface area contributed by atoms with Crippen molar-refractivity contribution in [3.63, 3.8) is 0 Å². The first kappa shape index (κ1) is 13.4. The van der Waals surface area contributed by atoms with E-state index in [4.69, 9.17) is 4.74 Å². The Bertz CT molecular complexity index is 162. The van der Waals surface area contributed by atoms with E-state index in [1.54, 1.807) is 7.11 Å². The van der Waals surface area contributed by atoms with E-state index in [0.717, 1.165) is 13.1 Å². The Hall–Kier alpha value is -0.610. The molecule has 0 aliphatic rings. The van der Waals surface area contributed by atoms with Crippen molar-refractivity contribution >= 4 is 5.91 Å². The third-order valence-electron chi connectivity index (χ3n) is 1.95. The summed E-state index contributed by atoms with van der Waals surface area (Å²) < 4.78 is 4.94. The lowest BCUT2D eigenvalue weighted by Crippen LogP contribution is -2.41. The van der Waals surface area contributed by atoms with Gasteiger partial charge in [0.2, 0.25) is 5.91 Å². The molecule has 4 nitrogen and oxygen atoms in total. The topological polar surface area (TPSA) is 50.4 Å². The van der Waals surface area contributed by atoms with E-state index in [2.05, 4.69) is 10.6 Å². The summed E-state index contributed by atoms with van der Waals surface area (Å²) in [6, 6.07) is 0.0802. The number of ether oxygens (including phenoxy) is 1. The van der Waals surface area contributed by atoms with E-state index in [1.807, 2.05) is 20.8 Å². The Balaban J connectivity index is 3.71. The van der Waals surface area contributed by atoms with E-state index in [-0.39, 0.29) is 17.9 Å². The van der Waals surface area contributed by atoms with Crippen molar-refractivity contribution in [2.45, 2.75) is 26.8 Å². The third-order valence-corrected chi connectivity index (χ3v) is 1.95. The van der Waals surface area contributed by atoms with Gasteiger partial charge in [-0.15, -0.1) is 0 Å². The van der Waals surface area contributed by atoms with Gasteiger partial charge >= 0.3 is 0 Å². The van der Waals surface area contributed by atoms with Crippen molar-refractivity contribution < 1.29 is 9.53 Å². The van der Waals surface area contributed by atoms with Crippen LogP contribution in [-0.2, 0) is 9.53 Å². The minimum Gasteiger partial charge on any atom is -0.383 e. The lowest BCUT2D eigenvalue weighted by Gasteiger charge is -2.16. The molecule has 0 heterocycles. The predicted molar refractivity (Wildman–Crippen MR) is 57.2 cm³/mol. The average molecular weight is 202 g/mol. The zero-order valence-corrected chi connectivity index (χ0v) is 9.59. The highest BCUT2D eigenvalue weighted by molar-refractivity contribution is 5.78. The minimum atomic E-state index is 0.00857. The zero-order valence-electron chi connectivity index (χ0n) is 9.59. The van der Waals surface area contributed by atoms with Crippen LogP contribution in [0.2, 0.25) is 0 Å². The second-order valence-corrected chi connectivity index (χ2v) is 3.57. The van der Waals surface area contributed by atoms with Gasteiger partial charge in [0, 0.05) is 25.6 Å². The molecule has 0 aromatic carbocycles. The Morgan fingerprint density at radius 3 is 2.57 bits per heavy atom. The Morgan fingerprint density at radius 2 is 2.07 bits per heavy atom. The van der Waals surface area contributed by atoms with Crippen LogP contribution in [-0.4, -0.2) is 38.8 Å². The van der Waals surface area contributed by atoms with Gasteiger partial charge in [-0.25, -0.2) is 0 Å². The molecule has 0 rings (SSSR count). The summed E-state index contributed by atoms with van der Waals surface area (Å²) in [5.41, 5.74) is 0.